The zero-order valence-electron chi connectivity index (χ0n) is 7.15. The molecule has 0 radical (unpaired) electrons. The van der Waals surface area contributed by atoms with Crippen molar-refractivity contribution in [1.82, 2.24) is 9.80 Å². The standard InChI is InChI=1S/C7H12N2O2S/c1-3-4-9-6(12)5(10)8(2)7(9)11/h6,12H,3-4H2,1-2H3. The van der Waals surface area contributed by atoms with Crippen LogP contribution in [0.5, 0.6) is 0 Å². The molecule has 1 saturated heterocycles. The summed E-state index contributed by atoms with van der Waals surface area (Å²) >= 11 is 4.05. The summed E-state index contributed by atoms with van der Waals surface area (Å²) in [4.78, 5) is 25.1. The monoisotopic (exact) mass is 188 g/mol. The van der Waals surface area contributed by atoms with Crippen LogP contribution in [0.3, 0.4) is 0 Å². The van der Waals surface area contributed by atoms with Gasteiger partial charge in [0.1, 0.15) is 0 Å². The van der Waals surface area contributed by atoms with Crippen LogP contribution >= 0.6 is 12.6 Å². The van der Waals surface area contributed by atoms with Crippen molar-refractivity contribution in [3.05, 3.63) is 0 Å². The first-order chi connectivity index (χ1) is 5.59. The number of nitrogens with zero attached hydrogens (tertiary/aromatic N) is 2. The van der Waals surface area contributed by atoms with E-state index in [1.807, 2.05) is 6.92 Å². The first-order valence-corrected chi connectivity index (χ1v) is 4.37. The Morgan fingerprint density at radius 2 is 2.08 bits per heavy atom. The summed E-state index contributed by atoms with van der Waals surface area (Å²) in [5.74, 6) is -0.239. The quantitative estimate of drug-likeness (QED) is 0.508. The molecule has 0 spiro atoms. The number of carbonyl (C=O) groups excluding carboxylic acids is 2. The van der Waals surface area contributed by atoms with Crippen molar-refractivity contribution in [2.45, 2.75) is 18.7 Å². The van der Waals surface area contributed by atoms with Crippen LogP contribution in [0.1, 0.15) is 13.3 Å². The molecule has 1 heterocycles. The Bertz CT molecular complexity index is 219. The molecule has 3 amide bonds. The van der Waals surface area contributed by atoms with E-state index in [0.717, 1.165) is 11.3 Å². The van der Waals surface area contributed by atoms with Crippen molar-refractivity contribution in [2.24, 2.45) is 0 Å². The van der Waals surface area contributed by atoms with Crippen LogP contribution < -0.4 is 0 Å². The number of amides is 3. The second-order valence-electron chi connectivity index (χ2n) is 2.75. The summed E-state index contributed by atoms with van der Waals surface area (Å²) in [6.45, 7) is 2.54. The highest BCUT2D eigenvalue weighted by Crippen LogP contribution is 2.18. The minimum atomic E-state index is -0.581. The average molecular weight is 188 g/mol. The number of imide groups is 1. The van der Waals surface area contributed by atoms with Gasteiger partial charge in [-0.25, -0.2) is 4.79 Å². The molecule has 0 N–H and O–H groups in total. The van der Waals surface area contributed by atoms with Gasteiger partial charge in [0.05, 0.1) is 0 Å². The van der Waals surface area contributed by atoms with Crippen LogP contribution in [0.4, 0.5) is 4.79 Å². The molecule has 0 aliphatic carbocycles. The Labute approximate surface area is 76.9 Å². The molecule has 1 unspecified atom stereocenters. The summed E-state index contributed by atoms with van der Waals surface area (Å²) in [6.07, 6.45) is 0.837. The van der Waals surface area contributed by atoms with Crippen LogP contribution in [0.15, 0.2) is 0 Å². The third kappa shape index (κ3) is 1.29. The van der Waals surface area contributed by atoms with E-state index in [4.69, 9.17) is 0 Å². The molecule has 5 heteroatoms. The van der Waals surface area contributed by atoms with E-state index in [0.29, 0.717) is 6.54 Å². The fourth-order valence-corrected chi connectivity index (χ4v) is 1.54. The average Bonchev–Trinajstić information content (AvgIpc) is 2.23. The maximum absolute atomic E-state index is 11.3. The van der Waals surface area contributed by atoms with Crippen LogP contribution in [0.2, 0.25) is 0 Å². The van der Waals surface area contributed by atoms with E-state index >= 15 is 0 Å². The van der Waals surface area contributed by atoms with Gasteiger partial charge in [0.2, 0.25) is 0 Å². The lowest BCUT2D eigenvalue weighted by Crippen LogP contribution is -2.32. The van der Waals surface area contributed by atoms with Crippen molar-refractivity contribution in [3.8, 4) is 0 Å². The number of urea groups is 1. The third-order valence-corrected chi connectivity index (χ3v) is 2.34. The molecule has 1 atom stereocenters. The number of hydrogen-bond donors (Lipinski definition) is 1. The molecule has 1 rings (SSSR count). The Balaban J connectivity index is 2.76. The highest BCUT2D eigenvalue weighted by Gasteiger charge is 2.40. The second-order valence-corrected chi connectivity index (χ2v) is 3.24. The predicted molar refractivity (Wildman–Crippen MR) is 47.9 cm³/mol. The number of carbonyl (C=O) groups is 2. The highest BCUT2D eigenvalue weighted by atomic mass is 32.1. The first kappa shape index (κ1) is 9.38. The van der Waals surface area contributed by atoms with Gasteiger partial charge >= 0.3 is 6.03 Å². The second kappa shape index (κ2) is 3.35. The normalized spacial score (nSPS) is 24.1. The number of likely N-dealkylation sites (N-methyl/N-ethyl adjacent to an activating group) is 1. The molecule has 0 aromatic rings. The Morgan fingerprint density at radius 3 is 2.42 bits per heavy atom. The van der Waals surface area contributed by atoms with Gasteiger partial charge < -0.3 is 4.90 Å². The molecule has 0 aromatic carbocycles. The summed E-state index contributed by atoms with van der Waals surface area (Å²) < 4.78 is 0. The van der Waals surface area contributed by atoms with Gasteiger partial charge in [0.25, 0.3) is 5.91 Å². The zero-order valence-corrected chi connectivity index (χ0v) is 8.04. The largest absolute Gasteiger partial charge is 0.327 e. The minimum Gasteiger partial charge on any atom is -0.303 e. The van der Waals surface area contributed by atoms with E-state index in [2.05, 4.69) is 12.6 Å². The van der Waals surface area contributed by atoms with Gasteiger partial charge in [-0.2, -0.15) is 0 Å². The fourth-order valence-electron chi connectivity index (χ4n) is 1.16. The molecule has 1 aliphatic rings. The fraction of sp³-hybridized carbons (Fsp3) is 0.714. The lowest BCUT2D eigenvalue weighted by atomic mass is 10.4. The van der Waals surface area contributed by atoms with E-state index < -0.39 is 5.37 Å². The number of thiol groups is 1. The van der Waals surface area contributed by atoms with E-state index in [1.54, 1.807) is 0 Å². The molecule has 1 fully saturated rings. The third-order valence-electron chi connectivity index (χ3n) is 1.84. The maximum atomic E-state index is 11.3. The summed E-state index contributed by atoms with van der Waals surface area (Å²) in [6, 6.07) is -0.248. The molecule has 0 bridgehead atoms. The van der Waals surface area contributed by atoms with E-state index in [9.17, 15) is 9.59 Å². The predicted octanol–water partition coefficient (Wildman–Crippen LogP) is 0.546. The number of hydrogen-bond acceptors (Lipinski definition) is 3. The SMILES string of the molecule is CCCN1C(=O)N(C)C(=O)C1S. The van der Waals surface area contributed by atoms with Crippen molar-refractivity contribution >= 4 is 24.6 Å². The molecule has 0 aromatic heterocycles. The van der Waals surface area contributed by atoms with Crippen LogP contribution in [0, 0.1) is 0 Å². The molecule has 0 saturated carbocycles. The van der Waals surface area contributed by atoms with Crippen molar-refractivity contribution in [1.29, 1.82) is 0 Å². The van der Waals surface area contributed by atoms with Gasteiger partial charge in [0.15, 0.2) is 5.37 Å². The summed E-state index contributed by atoms with van der Waals surface area (Å²) in [5.41, 5.74) is 0. The van der Waals surface area contributed by atoms with Crippen LogP contribution in [-0.2, 0) is 4.79 Å². The van der Waals surface area contributed by atoms with Gasteiger partial charge in [-0.05, 0) is 6.42 Å². The van der Waals surface area contributed by atoms with Gasteiger partial charge in [-0.1, -0.05) is 6.92 Å². The van der Waals surface area contributed by atoms with Gasteiger partial charge in [0, 0.05) is 13.6 Å². The van der Waals surface area contributed by atoms with Gasteiger partial charge in [-0.15, -0.1) is 12.6 Å². The Kier molecular flexibility index (Phi) is 2.62. The minimum absolute atomic E-state index is 0.239. The topological polar surface area (TPSA) is 40.6 Å². The molecule has 1 aliphatic heterocycles. The van der Waals surface area contributed by atoms with E-state index in [-0.39, 0.29) is 11.9 Å². The van der Waals surface area contributed by atoms with Crippen LogP contribution in [-0.4, -0.2) is 40.7 Å². The molecular weight excluding hydrogens is 176 g/mol. The lowest BCUT2D eigenvalue weighted by molar-refractivity contribution is -0.125. The van der Waals surface area contributed by atoms with E-state index in [1.165, 1.54) is 11.9 Å². The zero-order chi connectivity index (χ0) is 9.30. The smallest absolute Gasteiger partial charge is 0.303 e. The molecule has 12 heavy (non-hydrogen) atoms. The van der Waals surface area contributed by atoms with Crippen molar-refractivity contribution in [3.63, 3.8) is 0 Å². The summed E-state index contributed by atoms with van der Waals surface area (Å²) in [7, 11) is 1.48. The Hall–Kier alpha value is -0.710. The first-order valence-electron chi connectivity index (χ1n) is 3.85. The van der Waals surface area contributed by atoms with Crippen molar-refractivity contribution < 1.29 is 9.59 Å². The molecule has 4 nitrogen and oxygen atoms in total. The lowest BCUT2D eigenvalue weighted by Gasteiger charge is -2.16. The highest BCUT2D eigenvalue weighted by molar-refractivity contribution is 7.81. The number of rotatable bonds is 2. The maximum Gasteiger partial charge on any atom is 0.327 e. The van der Waals surface area contributed by atoms with Gasteiger partial charge in [-0.3, -0.25) is 9.69 Å². The Morgan fingerprint density at radius 1 is 1.50 bits per heavy atom. The summed E-state index contributed by atoms with van der Waals surface area (Å²) in [5, 5.41) is -0.581. The molecule has 68 valence electrons. The van der Waals surface area contributed by atoms with Crippen molar-refractivity contribution in [2.75, 3.05) is 13.6 Å². The van der Waals surface area contributed by atoms with Crippen LogP contribution in [0.25, 0.3) is 0 Å². The molecular formula is C7H12N2O2S.